The molecule has 0 bridgehead atoms. The Morgan fingerprint density at radius 1 is 1.46 bits per heavy atom. The van der Waals surface area contributed by atoms with Gasteiger partial charge in [0.1, 0.15) is 0 Å². The van der Waals surface area contributed by atoms with E-state index in [1.54, 1.807) is 13.0 Å². The zero-order valence-electron chi connectivity index (χ0n) is 7.08. The van der Waals surface area contributed by atoms with Crippen molar-refractivity contribution in [3.8, 4) is 11.5 Å². The van der Waals surface area contributed by atoms with Gasteiger partial charge >= 0.3 is 0 Å². The quantitative estimate of drug-likeness (QED) is 0.758. The van der Waals surface area contributed by atoms with E-state index >= 15 is 0 Å². The number of hydrogen-bond acceptors (Lipinski definition) is 3. The standard InChI is InChI=1S/C9H9BrO3/c1-9(11)5-12-8-4-6(10)2-3-7(8)13-9/h2-4,11H,5H2,1H3/t9-/m0/s1. The highest BCUT2D eigenvalue weighted by molar-refractivity contribution is 9.10. The van der Waals surface area contributed by atoms with Crippen LogP contribution in [0.25, 0.3) is 0 Å². The molecule has 1 heterocycles. The lowest BCUT2D eigenvalue weighted by Crippen LogP contribution is -2.41. The maximum absolute atomic E-state index is 9.53. The van der Waals surface area contributed by atoms with Crippen LogP contribution in [0, 0.1) is 0 Å². The number of halogens is 1. The molecular weight excluding hydrogens is 236 g/mol. The minimum Gasteiger partial charge on any atom is -0.483 e. The van der Waals surface area contributed by atoms with E-state index in [9.17, 15) is 5.11 Å². The largest absolute Gasteiger partial charge is 0.483 e. The summed E-state index contributed by atoms with van der Waals surface area (Å²) in [4.78, 5) is 0. The Balaban J connectivity index is 2.37. The van der Waals surface area contributed by atoms with Gasteiger partial charge in [-0.25, -0.2) is 0 Å². The third kappa shape index (κ3) is 1.78. The first-order valence-corrected chi connectivity index (χ1v) is 4.70. The van der Waals surface area contributed by atoms with E-state index in [2.05, 4.69) is 15.9 Å². The van der Waals surface area contributed by atoms with Gasteiger partial charge in [0.25, 0.3) is 0 Å². The monoisotopic (exact) mass is 244 g/mol. The van der Waals surface area contributed by atoms with Crippen LogP contribution in [0.1, 0.15) is 6.92 Å². The van der Waals surface area contributed by atoms with Gasteiger partial charge in [0.2, 0.25) is 5.79 Å². The summed E-state index contributed by atoms with van der Waals surface area (Å²) in [5.74, 6) is 0.00115. The van der Waals surface area contributed by atoms with E-state index in [-0.39, 0.29) is 6.61 Å². The van der Waals surface area contributed by atoms with Crippen LogP contribution in [0.2, 0.25) is 0 Å². The Kier molecular flexibility index (Phi) is 1.96. The lowest BCUT2D eigenvalue weighted by atomic mass is 10.2. The van der Waals surface area contributed by atoms with E-state index in [4.69, 9.17) is 9.47 Å². The normalized spacial score (nSPS) is 25.8. The average molecular weight is 245 g/mol. The first-order valence-electron chi connectivity index (χ1n) is 3.91. The summed E-state index contributed by atoms with van der Waals surface area (Å²) in [7, 11) is 0. The van der Waals surface area contributed by atoms with Crippen LogP contribution in [-0.2, 0) is 0 Å². The van der Waals surface area contributed by atoms with Crippen LogP contribution in [0.5, 0.6) is 11.5 Å². The molecule has 0 spiro atoms. The van der Waals surface area contributed by atoms with Crippen LogP contribution < -0.4 is 9.47 Å². The molecule has 1 aliphatic rings. The SMILES string of the molecule is C[C@@]1(O)COc2cc(Br)ccc2O1. The Bertz CT molecular complexity index is 336. The van der Waals surface area contributed by atoms with Gasteiger partial charge < -0.3 is 14.6 Å². The van der Waals surface area contributed by atoms with Gasteiger partial charge in [-0.1, -0.05) is 15.9 Å². The molecule has 0 aromatic heterocycles. The Labute approximate surface area is 84.4 Å². The summed E-state index contributed by atoms with van der Waals surface area (Å²) in [5, 5.41) is 9.53. The predicted molar refractivity (Wildman–Crippen MR) is 50.9 cm³/mol. The summed E-state index contributed by atoms with van der Waals surface area (Å²) in [6, 6.07) is 5.40. The van der Waals surface area contributed by atoms with Gasteiger partial charge in [-0.2, -0.15) is 0 Å². The highest BCUT2D eigenvalue weighted by atomic mass is 79.9. The minimum atomic E-state index is -1.22. The highest BCUT2D eigenvalue weighted by Crippen LogP contribution is 2.36. The summed E-state index contributed by atoms with van der Waals surface area (Å²) in [6.45, 7) is 1.72. The van der Waals surface area contributed by atoms with Gasteiger partial charge in [-0.05, 0) is 18.2 Å². The van der Waals surface area contributed by atoms with Crippen LogP contribution >= 0.6 is 15.9 Å². The third-order valence-electron chi connectivity index (χ3n) is 1.73. The van der Waals surface area contributed by atoms with Crippen molar-refractivity contribution in [3.05, 3.63) is 22.7 Å². The summed E-state index contributed by atoms with van der Waals surface area (Å²) in [6.07, 6.45) is 0. The van der Waals surface area contributed by atoms with Gasteiger partial charge in [-0.15, -0.1) is 0 Å². The first kappa shape index (κ1) is 8.84. The molecule has 0 saturated carbocycles. The Morgan fingerprint density at radius 2 is 2.23 bits per heavy atom. The van der Waals surface area contributed by atoms with E-state index in [0.717, 1.165) is 4.47 Å². The first-order chi connectivity index (χ1) is 6.07. The third-order valence-corrected chi connectivity index (χ3v) is 2.22. The maximum Gasteiger partial charge on any atom is 0.239 e. The van der Waals surface area contributed by atoms with E-state index in [1.807, 2.05) is 12.1 Å². The van der Waals surface area contributed by atoms with Crippen LogP contribution in [0.4, 0.5) is 0 Å². The zero-order chi connectivity index (χ0) is 9.47. The molecule has 1 aromatic rings. The van der Waals surface area contributed by atoms with Crippen molar-refractivity contribution < 1.29 is 14.6 Å². The van der Waals surface area contributed by atoms with Crippen molar-refractivity contribution in [1.82, 2.24) is 0 Å². The number of fused-ring (bicyclic) bond motifs is 1. The fraction of sp³-hybridized carbons (Fsp3) is 0.333. The zero-order valence-corrected chi connectivity index (χ0v) is 8.67. The molecule has 0 aliphatic carbocycles. The molecule has 0 saturated heterocycles. The second-order valence-electron chi connectivity index (χ2n) is 3.16. The molecule has 70 valence electrons. The molecule has 3 nitrogen and oxygen atoms in total. The highest BCUT2D eigenvalue weighted by Gasteiger charge is 2.30. The molecule has 0 fully saturated rings. The molecule has 0 amide bonds. The second kappa shape index (κ2) is 2.89. The maximum atomic E-state index is 9.53. The van der Waals surface area contributed by atoms with Crippen molar-refractivity contribution in [1.29, 1.82) is 0 Å². The summed E-state index contributed by atoms with van der Waals surface area (Å²) < 4.78 is 11.5. The van der Waals surface area contributed by atoms with Crippen LogP contribution in [-0.4, -0.2) is 17.5 Å². The lowest BCUT2D eigenvalue weighted by molar-refractivity contribution is -0.159. The van der Waals surface area contributed by atoms with E-state index in [0.29, 0.717) is 11.5 Å². The minimum absolute atomic E-state index is 0.149. The number of aliphatic hydroxyl groups is 1. The van der Waals surface area contributed by atoms with Crippen molar-refractivity contribution in [2.45, 2.75) is 12.7 Å². The molecule has 1 aliphatic heterocycles. The van der Waals surface area contributed by atoms with Gasteiger partial charge in [-0.3, -0.25) is 0 Å². The molecule has 1 N–H and O–H groups in total. The fourth-order valence-electron chi connectivity index (χ4n) is 1.16. The molecule has 1 aromatic carbocycles. The van der Waals surface area contributed by atoms with Gasteiger partial charge in [0.05, 0.1) is 0 Å². The summed E-state index contributed by atoms with van der Waals surface area (Å²) in [5.41, 5.74) is 0. The molecule has 1 atom stereocenters. The second-order valence-corrected chi connectivity index (χ2v) is 4.07. The van der Waals surface area contributed by atoms with Gasteiger partial charge in [0, 0.05) is 11.4 Å². The number of hydrogen-bond donors (Lipinski definition) is 1. The fourth-order valence-corrected chi connectivity index (χ4v) is 1.50. The molecule has 4 heteroatoms. The topological polar surface area (TPSA) is 38.7 Å². The lowest BCUT2D eigenvalue weighted by Gasteiger charge is -2.30. The van der Waals surface area contributed by atoms with Crippen molar-refractivity contribution in [2.75, 3.05) is 6.61 Å². The molecule has 0 radical (unpaired) electrons. The smallest absolute Gasteiger partial charge is 0.239 e. The van der Waals surface area contributed by atoms with Crippen molar-refractivity contribution in [3.63, 3.8) is 0 Å². The van der Waals surface area contributed by atoms with Gasteiger partial charge in [0.15, 0.2) is 18.1 Å². The van der Waals surface area contributed by atoms with Crippen molar-refractivity contribution in [2.24, 2.45) is 0 Å². The van der Waals surface area contributed by atoms with Crippen LogP contribution in [0.15, 0.2) is 22.7 Å². The molecule has 0 unspecified atom stereocenters. The average Bonchev–Trinajstić information content (AvgIpc) is 2.05. The Morgan fingerprint density at radius 3 is 3.00 bits per heavy atom. The van der Waals surface area contributed by atoms with E-state index in [1.165, 1.54) is 0 Å². The van der Waals surface area contributed by atoms with E-state index < -0.39 is 5.79 Å². The predicted octanol–water partition coefficient (Wildman–Crippen LogP) is 1.93. The summed E-state index contributed by atoms with van der Waals surface area (Å²) >= 11 is 3.32. The Hall–Kier alpha value is -0.740. The number of rotatable bonds is 0. The van der Waals surface area contributed by atoms with Crippen LogP contribution in [0.3, 0.4) is 0 Å². The molecule has 13 heavy (non-hydrogen) atoms. The molecular formula is C9H9BrO3. The molecule has 2 rings (SSSR count). The van der Waals surface area contributed by atoms with Crippen molar-refractivity contribution >= 4 is 15.9 Å². The number of benzene rings is 1. The number of ether oxygens (including phenoxy) is 2.